The van der Waals surface area contributed by atoms with Gasteiger partial charge in [-0.2, -0.15) is 0 Å². The summed E-state index contributed by atoms with van der Waals surface area (Å²) in [6.45, 7) is 5.41. The maximum Gasteiger partial charge on any atom is 0.0506 e. The first kappa shape index (κ1) is 9.01. The van der Waals surface area contributed by atoms with Crippen LogP contribution < -0.4 is 0 Å². The van der Waals surface area contributed by atoms with Crippen LogP contribution in [-0.4, -0.2) is 37.7 Å². The minimum absolute atomic E-state index is 0.668. The molecule has 0 heterocycles. The van der Waals surface area contributed by atoms with Crippen LogP contribution in [0.2, 0.25) is 0 Å². The second kappa shape index (κ2) is 3.55. The van der Waals surface area contributed by atoms with Gasteiger partial charge in [0, 0.05) is 19.2 Å². The minimum atomic E-state index is 0.668. The van der Waals surface area contributed by atoms with E-state index in [2.05, 4.69) is 25.8 Å². The van der Waals surface area contributed by atoms with Gasteiger partial charge in [-0.15, -0.1) is 0 Å². The molecule has 0 aromatic carbocycles. The average Bonchev–Trinajstić information content (AvgIpc) is 2.67. The van der Waals surface area contributed by atoms with Gasteiger partial charge in [-0.3, -0.25) is 0 Å². The molecule has 66 valence electrons. The second-order valence-electron chi connectivity index (χ2n) is 3.78. The van der Waals surface area contributed by atoms with Crippen LogP contribution in [0.15, 0.2) is 0 Å². The number of nitrogens with zero attached hydrogens (tertiary/aromatic N) is 1. The van der Waals surface area contributed by atoms with Crippen LogP contribution in [0.3, 0.4) is 0 Å². The smallest absolute Gasteiger partial charge is 0.0506 e. The lowest BCUT2D eigenvalue weighted by Crippen LogP contribution is -2.30. The van der Waals surface area contributed by atoms with Gasteiger partial charge >= 0.3 is 0 Å². The lowest BCUT2D eigenvalue weighted by Gasteiger charge is -2.20. The zero-order valence-electron chi connectivity index (χ0n) is 8.00. The van der Waals surface area contributed by atoms with E-state index in [1.807, 2.05) is 0 Å². The number of ether oxygens (including phenoxy) is 1. The minimum Gasteiger partial charge on any atom is -0.384 e. The van der Waals surface area contributed by atoms with Crippen LogP contribution in [0.1, 0.15) is 20.3 Å². The van der Waals surface area contributed by atoms with E-state index in [-0.39, 0.29) is 0 Å². The first-order valence-electron chi connectivity index (χ1n) is 4.37. The van der Waals surface area contributed by atoms with Crippen LogP contribution in [0.5, 0.6) is 0 Å². The molecule has 1 saturated carbocycles. The zero-order chi connectivity index (χ0) is 8.43. The summed E-state index contributed by atoms with van der Waals surface area (Å²) < 4.78 is 5.10. The standard InChI is InChI=1S/C9H19NO/c1-7(2)10(3)9-5-8(9)6-11-4/h7-9H,5-6H2,1-4H3/t8-,9+/m0/s1. The highest BCUT2D eigenvalue weighted by Crippen LogP contribution is 2.35. The molecule has 2 heteroatoms. The molecule has 1 aliphatic rings. The first-order chi connectivity index (χ1) is 5.16. The summed E-state index contributed by atoms with van der Waals surface area (Å²) in [5.41, 5.74) is 0. The van der Waals surface area contributed by atoms with Crippen molar-refractivity contribution in [2.45, 2.75) is 32.4 Å². The fraction of sp³-hybridized carbons (Fsp3) is 1.00. The topological polar surface area (TPSA) is 12.5 Å². The molecule has 0 saturated heterocycles. The third-order valence-corrected chi connectivity index (χ3v) is 2.60. The highest BCUT2D eigenvalue weighted by Gasteiger charge is 2.40. The number of rotatable bonds is 4. The Hall–Kier alpha value is -0.0800. The van der Waals surface area contributed by atoms with Gasteiger partial charge in [0.1, 0.15) is 0 Å². The molecule has 0 radical (unpaired) electrons. The van der Waals surface area contributed by atoms with Crippen LogP contribution in [-0.2, 0) is 4.74 Å². The van der Waals surface area contributed by atoms with Crippen molar-refractivity contribution in [3.05, 3.63) is 0 Å². The van der Waals surface area contributed by atoms with E-state index < -0.39 is 0 Å². The van der Waals surface area contributed by atoms with Crippen molar-refractivity contribution >= 4 is 0 Å². The highest BCUT2D eigenvalue weighted by molar-refractivity contribution is 4.94. The van der Waals surface area contributed by atoms with Crippen LogP contribution in [0, 0.1) is 5.92 Å². The Kier molecular flexibility index (Phi) is 2.90. The van der Waals surface area contributed by atoms with Gasteiger partial charge in [-0.05, 0) is 33.2 Å². The Labute approximate surface area is 69.5 Å². The number of hydrogen-bond acceptors (Lipinski definition) is 2. The molecule has 0 N–H and O–H groups in total. The van der Waals surface area contributed by atoms with Gasteiger partial charge in [0.2, 0.25) is 0 Å². The molecular formula is C9H19NO. The SMILES string of the molecule is COC[C@@H]1C[C@H]1N(C)C(C)C. The van der Waals surface area contributed by atoms with Crippen LogP contribution in [0.4, 0.5) is 0 Å². The molecule has 1 aliphatic carbocycles. The molecule has 0 unspecified atom stereocenters. The molecule has 1 rings (SSSR count). The van der Waals surface area contributed by atoms with E-state index in [0.717, 1.165) is 18.6 Å². The molecule has 2 nitrogen and oxygen atoms in total. The lowest BCUT2D eigenvalue weighted by molar-refractivity contribution is 0.164. The van der Waals surface area contributed by atoms with Crippen molar-refractivity contribution in [1.29, 1.82) is 0 Å². The quantitative estimate of drug-likeness (QED) is 0.611. The number of methoxy groups -OCH3 is 1. The van der Waals surface area contributed by atoms with Gasteiger partial charge < -0.3 is 9.64 Å². The summed E-state index contributed by atoms with van der Waals surface area (Å²) in [4.78, 5) is 2.43. The summed E-state index contributed by atoms with van der Waals surface area (Å²) in [5, 5.41) is 0. The highest BCUT2D eigenvalue weighted by atomic mass is 16.5. The summed E-state index contributed by atoms with van der Waals surface area (Å²) in [6.07, 6.45) is 1.32. The summed E-state index contributed by atoms with van der Waals surface area (Å²) in [6, 6.07) is 1.46. The van der Waals surface area contributed by atoms with E-state index >= 15 is 0 Å². The maximum atomic E-state index is 5.10. The van der Waals surface area contributed by atoms with Crippen molar-refractivity contribution in [2.24, 2.45) is 5.92 Å². The van der Waals surface area contributed by atoms with Crippen LogP contribution in [0.25, 0.3) is 0 Å². The monoisotopic (exact) mass is 157 g/mol. The molecule has 2 atom stereocenters. The Bertz CT molecular complexity index is 125. The molecular weight excluding hydrogens is 138 g/mol. The Morgan fingerprint density at radius 2 is 2.18 bits per heavy atom. The molecule has 0 aromatic rings. The van der Waals surface area contributed by atoms with E-state index in [4.69, 9.17) is 4.74 Å². The van der Waals surface area contributed by atoms with Gasteiger partial charge in [-0.25, -0.2) is 0 Å². The molecule has 0 aromatic heterocycles. The Morgan fingerprint density at radius 1 is 1.55 bits per heavy atom. The van der Waals surface area contributed by atoms with Crippen molar-refractivity contribution < 1.29 is 4.74 Å². The largest absolute Gasteiger partial charge is 0.384 e. The average molecular weight is 157 g/mol. The fourth-order valence-corrected chi connectivity index (χ4v) is 1.51. The molecule has 0 spiro atoms. The van der Waals surface area contributed by atoms with E-state index in [0.29, 0.717) is 6.04 Å². The fourth-order valence-electron chi connectivity index (χ4n) is 1.51. The second-order valence-corrected chi connectivity index (χ2v) is 3.78. The molecule has 0 aliphatic heterocycles. The van der Waals surface area contributed by atoms with Crippen molar-refractivity contribution in [2.75, 3.05) is 20.8 Å². The molecule has 1 fully saturated rings. The maximum absolute atomic E-state index is 5.10. The third-order valence-electron chi connectivity index (χ3n) is 2.60. The van der Waals surface area contributed by atoms with E-state index in [1.165, 1.54) is 6.42 Å². The molecule has 0 bridgehead atoms. The summed E-state index contributed by atoms with van der Waals surface area (Å²) >= 11 is 0. The molecule has 0 amide bonds. The first-order valence-corrected chi connectivity index (χ1v) is 4.37. The van der Waals surface area contributed by atoms with Gasteiger partial charge in [0.15, 0.2) is 0 Å². The van der Waals surface area contributed by atoms with E-state index in [9.17, 15) is 0 Å². The van der Waals surface area contributed by atoms with Crippen LogP contribution >= 0.6 is 0 Å². The zero-order valence-corrected chi connectivity index (χ0v) is 8.00. The Balaban J connectivity index is 2.20. The van der Waals surface area contributed by atoms with Crippen molar-refractivity contribution in [3.63, 3.8) is 0 Å². The predicted molar refractivity (Wildman–Crippen MR) is 46.7 cm³/mol. The third kappa shape index (κ3) is 2.17. The summed E-state index contributed by atoms with van der Waals surface area (Å²) in [5.74, 6) is 0.799. The van der Waals surface area contributed by atoms with Gasteiger partial charge in [-0.1, -0.05) is 0 Å². The van der Waals surface area contributed by atoms with Crippen molar-refractivity contribution in [1.82, 2.24) is 4.90 Å². The van der Waals surface area contributed by atoms with Gasteiger partial charge in [0.25, 0.3) is 0 Å². The van der Waals surface area contributed by atoms with E-state index in [1.54, 1.807) is 7.11 Å². The Morgan fingerprint density at radius 3 is 2.64 bits per heavy atom. The van der Waals surface area contributed by atoms with Gasteiger partial charge in [0.05, 0.1) is 6.61 Å². The normalized spacial score (nSPS) is 30.0. The predicted octanol–water partition coefficient (Wildman–Crippen LogP) is 1.36. The lowest BCUT2D eigenvalue weighted by atomic mass is 10.3. The molecule has 11 heavy (non-hydrogen) atoms. The summed E-state index contributed by atoms with van der Waals surface area (Å²) in [7, 11) is 3.98. The van der Waals surface area contributed by atoms with Crippen molar-refractivity contribution in [3.8, 4) is 0 Å². The number of hydrogen-bond donors (Lipinski definition) is 0.